The van der Waals surface area contributed by atoms with Crippen LogP contribution < -0.4 is 5.32 Å². The Morgan fingerprint density at radius 3 is 3.19 bits per heavy atom. The van der Waals surface area contributed by atoms with Crippen LogP contribution in [-0.4, -0.2) is 42.2 Å². The number of aromatic nitrogens is 1. The fourth-order valence-electron chi connectivity index (χ4n) is 2.40. The summed E-state index contributed by atoms with van der Waals surface area (Å²) in [5.41, 5.74) is 0.977. The molecule has 1 fully saturated rings. The molecule has 1 aromatic heterocycles. The zero-order valence-electron chi connectivity index (χ0n) is 12.3. The van der Waals surface area contributed by atoms with E-state index < -0.39 is 0 Å². The van der Waals surface area contributed by atoms with Gasteiger partial charge in [0, 0.05) is 38.2 Å². The molecule has 2 heterocycles. The lowest BCUT2D eigenvalue weighted by atomic mass is 10.0. The summed E-state index contributed by atoms with van der Waals surface area (Å²) >= 11 is 0. The van der Waals surface area contributed by atoms with Gasteiger partial charge in [-0.15, -0.1) is 0 Å². The van der Waals surface area contributed by atoms with E-state index in [0.717, 1.165) is 12.0 Å². The molecule has 1 saturated heterocycles. The molecule has 1 unspecified atom stereocenters. The van der Waals surface area contributed by atoms with Crippen LogP contribution in [0.2, 0.25) is 0 Å². The van der Waals surface area contributed by atoms with E-state index in [2.05, 4.69) is 16.4 Å². The van der Waals surface area contributed by atoms with E-state index in [0.29, 0.717) is 13.2 Å². The predicted octanol–water partition coefficient (Wildman–Crippen LogP) is 1.71. The molecule has 0 aromatic carbocycles. The summed E-state index contributed by atoms with van der Waals surface area (Å²) in [6.07, 6.45) is 4.12. The molecule has 1 aliphatic heterocycles. The molecule has 1 aromatic rings. The second-order valence-corrected chi connectivity index (χ2v) is 5.26. The Hall–Kier alpha value is -2.13. The van der Waals surface area contributed by atoms with Gasteiger partial charge in [-0.3, -0.25) is 4.98 Å². The molecule has 1 aliphatic rings. The third-order valence-corrected chi connectivity index (χ3v) is 3.67. The van der Waals surface area contributed by atoms with Crippen LogP contribution in [0.4, 0.5) is 4.79 Å². The Bertz CT molecular complexity index is 514. The lowest BCUT2D eigenvalue weighted by molar-refractivity contribution is 0.0768. The molecule has 0 saturated carbocycles. The van der Waals surface area contributed by atoms with Crippen LogP contribution in [0.5, 0.6) is 0 Å². The zero-order valence-corrected chi connectivity index (χ0v) is 12.3. The molecule has 0 bridgehead atoms. The summed E-state index contributed by atoms with van der Waals surface area (Å²) in [6, 6.07) is 5.72. The Kier molecular flexibility index (Phi) is 5.12. The van der Waals surface area contributed by atoms with Crippen LogP contribution in [0.1, 0.15) is 25.0 Å². The molecular weight excluding hydrogens is 268 g/mol. The molecule has 3 atom stereocenters. The summed E-state index contributed by atoms with van der Waals surface area (Å²) in [6.45, 7) is 2.75. The molecular formula is C15H20N4O2. The highest BCUT2D eigenvalue weighted by atomic mass is 16.5. The number of carbonyl (C=O) groups excluding carboxylic acids is 1. The van der Waals surface area contributed by atoms with Crippen molar-refractivity contribution < 1.29 is 9.53 Å². The SMILES string of the molecule is CC(C#N)CNC(=O)N(C)[C@H]1CCO[C@@H]1c1cccnc1. The molecule has 6 heteroatoms. The average molecular weight is 288 g/mol. The number of carbonyl (C=O) groups is 1. The number of nitriles is 1. The highest BCUT2D eigenvalue weighted by Gasteiger charge is 2.34. The Morgan fingerprint density at radius 2 is 2.52 bits per heavy atom. The number of likely N-dealkylation sites (N-methyl/N-ethyl adjacent to an activating group) is 1. The van der Waals surface area contributed by atoms with Crippen LogP contribution in [0.25, 0.3) is 0 Å². The van der Waals surface area contributed by atoms with Crippen LogP contribution in [-0.2, 0) is 4.74 Å². The molecule has 2 amide bonds. The first-order chi connectivity index (χ1) is 10.1. The number of rotatable bonds is 4. The van der Waals surface area contributed by atoms with Gasteiger partial charge in [0.05, 0.1) is 18.0 Å². The van der Waals surface area contributed by atoms with Gasteiger partial charge in [-0.25, -0.2) is 4.79 Å². The number of nitrogens with zero attached hydrogens (tertiary/aromatic N) is 3. The number of pyridine rings is 1. The van der Waals surface area contributed by atoms with Crippen LogP contribution in [0, 0.1) is 17.2 Å². The van der Waals surface area contributed by atoms with Crippen LogP contribution in [0.3, 0.4) is 0 Å². The number of urea groups is 1. The van der Waals surface area contributed by atoms with Crippen LogP contribution in [0.15, 0.2) is 24.5 Å². The Balaban J connectivity index is 1.99. The second-order valence-electron chi connectivity index (χ2n) is 5.26. The lowest BCUT2D eigenvalue weighted by Gasteiger charge is -2.29. The van der Waals surface area contributed by atoms with Gasteiger partial charge in [0.1, 0.15) is 6.10 Å². The molecule has 0 aliphatic carbocycles. The van der Waals surface area contributed by atoms with Gasteiger partial charge in [0.2, 0.25) is 0 Å². The number of hydrogen-bond donors (Lipinski definition) is 1. The Labute approximate surface area is 124 Å². The van der Waals surface area contributed by atoms with Crippen molar-refractivity contribution in [3.8, 4) is 6.07 Å². The first-order valence-corrected chi connectivity index (χ1v) is 7.05. The molecule has 6 nitrogen and oxygen atoms in total. The van der Waals surface area contributed by atoms with E-state index in [1.54, 1.807) is 31.3 Å². The molecule has 0 radical (unpaired) electrons. The van der Waals surface area contributed by atoms with E-state index in [4.69, 9.17) is 10.00 Å². The second kappa shape index (κ2) is 7.04. The minimum Gasteiger partial charge on any atom is -0.371 e. The minimum absolute atomic E-state index is 0.0217. The van der Waals surface area contributed by atoms with E-state index in [1.807, 2.05) is 12.1 Å². The monoisotopic (exact) mass is 288 g/mol. The van der Waals surface area contributed by atoms with Crippen molar-refractivity contribution in [3.05, 3.63) is 30.1 Å². The maximum absolute atomic E-state index is 12.2. The maximum Gasteiger partial charge on any atom is 0.317 e. The number of amides is 2. The van der Waals surface area contributed by atoms with Crippen molar-refractivity contribution in [2.24, 2.45) is 5.92 Å². The molecule has 112 valence electrons. The minimum atomic E-state index is -0.198. The smallest absolute Gasteiger partial charge is 0.317 e. The summed E-state index contributed by atoms with van der Waals surface area (Å²) in [5.74, 6) is -0.198. The van der Waals surface area contributed by atoms with Gasteiger partial charge in [-0.2, -0.15) is 5.26 Å². The largest absolute Gasteiger partial charge is 0.371 e. The highest BCUT2D eigenvalue weighted by molar-refractivity contribution is 5.74. The van der Waals surface area contributed by atoms with Crippen molar-refractivity contribution in [2.45, 2.75) is 25.5 Å². The van der Waals surface area contributed by atoms with Crippen molar-refractivity contribution in [2.75, 3.05) is 20.2 Å². The fourth-order valence-corrected chi connectivity index (χ4v) is 2.40. The van der Waals surface area contributed by atoms with Gasteiger partial charge in [-0.1, -0.05) is 6.07 Å². The van der Waals surface area contributed by atoms with Crippen LogP contribution >= 0.6 is 0 Å². The maximum atomic E-state index is 12.2. The summed E-state index contributed by atoms with van der Waals surface area (Å²) < 4.78 is 5.76. The summed E-state index contributed by atoms with van der Waals surface area (Å²) in [4.78, 5) is 17.9. The fraction of sp³-hybridized carbons (Fsp3) is 0.533. The predicted molar refractivity (Wildman–Crippen MR) is 77.3 cm³/mol. The average Bonchev–Trinajstić information content (AvgIpc) is 3.01. The molecule has 21 heavy (non-hydrogen) atoms. The van der Waals surface area contributed by atoms with Crippen molar-refractivity contribution in [1.29, 1.82) is 5.26 Å². The van der Waals surface area contributed by atoms with E-state index in [9.17, 15) is 4.79 Å². The number of hydrogen-bond acceptors (Lipinski definition) is 4. The third kappa shape index (κ3) is 3.70. The topological polar surface area (TPSA) is 78.2 Å². The van der Waals surface area contributed by atoms with Crippen molar-refractivity contribution >= 4 is 6.03 Å². The summed E-state index contributed by atoms with van der Waals surface area (Å²) in [5, 5.41) is 11.5. The molecule has 0 spiro atoms. The van der Waals surface area contributed by atoms with E-state index in [-0.39, 0.29) is 24.1 Å². The third-order valence-electron chi connectivity index (χ3n) is 3.67. The van der Waals surface area contributed by atoms with Gasteiger partial charge in [0.15, 0.2) is 0 Å². The van der Waals surface area contributed by atoms with Crippen molar-refractivity contribution in [3.63, 3.8) is 0 Å². The van der Waals surface area contributed by atoms with E-state index in [1.165, 1.54) is 0 Å². The number of ether oxygens (including phenoxy) is 1. The molecule has 1 N–H and O–H groups in total. The van der Waals surface area contributed by atoms with Gasteiger partial charge < -0.3 is 15.0 Å². The lowest BCUT2D eigenvalue weighted by Crippen LogP contribution is -2.45. The van der Waals surface area contributed by atoms with E-state index >= 15 is 0 Å². The number of nitrogens with one attached hydrogen (secondary N) is 1. The van der Waals surface area contributed by atoms with Gasteiger partial charge >= 0.3 is 6.03 Å². The quantitative estimate of drug-likeness (QED) is 0.915. The van der Waals surface area contributed by atoms with Crippen molar-refractivity contribution in [1.82, 2.24) is 15.2 Å². The Morgan fingerprint density at radius 1 is 1.71 bits per heavy atom. The standard InChI is InChI=1S/C15H20N4O2/c1-11(8-16)9-18-15(20)19(2)13-5-7-21-14(13)12-4-3-6-17-10-12/h3-4,6,10-11,13-14H,5,7,9H2,1-2H3,(H,18,20)/t11?,13-,14+/m0/s1. The molecule has 2 rings (SSSR count). The van der Waals surface area contributed by atoms with Gasteiger partial charge in [0.25, 0.3) is 0 Å². The first-order valence-electron chi connectivity index (χ1n) is 7.05. The first kappa shape index (κ1) is 15.3. The van der Waals surface area contributed by atoms with Gasteiger partial charge in [-0.05, 0) is 19.4 Å². The summed E-state index contributed by atoms with van der Waals surface area (Å²) in [7, 11) is 1.76. The zero-order chi connectivity index (χ0) is 15.2. The highest BCUT2D eigenvalue weighted by Crippen LogP contribution is 2.31. The normalized spacial score (nSPS) is 22.3.